The molecule has 0 unspecified atom stereocenters. The Morgan fingerprint density at radius 1 is 0.800 bits per heavy atom. The highest BCUT2D eigenvalue weighted by atomic mass is 16.2. The Hall–Kier alpha value is -3.60. The van der Waals surface area contributed by atoms with Crippen LogP contribution in [-0.2, 0) is 0 Å². The fourth-order valence-corrected chi connectivity index (χ4v) is 2.70. The number of aromatic nitrogens is 2. The molecule has 0 fully saturated rings. The van der Waals surface area contributed by atoms with Crippen LogP contribution in [0.4, 0.5) is 16.2 Å². The van der Waals surface area contributed by atoms with E-state index >= 15 is 0 Å². The predicted molar refractivity (Wildman–Crippen MR) is 100 cm³/mol. The quantitative estimate of drug-likeness (QED) is 0.574. The van der Waals surface area contributed by atoms with Gasteiger partial charge in [-0.15, -0.1) is 0 Å². The minimum Gasteiger partial charge on any atom is -0.308 e. The average Bonchev–Trinajstić information content (AvgIpc) is 3.06. The van der Waals surface area contributed by atoms with Gasteiger partial charge in [-0.05, 0) is 42.5 Å². The first-order valence-corrected chi connectivity index (χ1v) is 7.96. The largest absolute Gasteiger partial charge is 0.323 e. The Kier molecular flexibility index (Phi) is 3.88. The van der Waals surface area contributed by atoms with Crippen LogP contribution in [0, 0.1) is 0 Å². The van der Waals surface area contributed by atoms with E-state index in [1.807, 2.05) is 83.5 Å². The van der Waals surface area contributed by atoms with Gasteiger partial charge in [0.2, 0.25) is 0 Å². The number of fused-ring (bicyclic) bond motifs is 1. The van der Waals surface area contributed by atoms with E-state index in [0.717, 1.165) is 22.3 Å². The van der Waals surface area contributed by atoms with Crippen molar-refractivity contribution in [2.45, 2.75) is 0 Å². The van der Waals surface area contributed by atoms with Crippen molar-refractivity contribution in [3.8, 4) is 5.69 Å². The van der Waals surface area contributed by atoms with Crippen molar-refractivity contribution in [1.29, 1.82) is 0 Å². The molecule has 0 aliphatic heterocycles. The van der Waals surface area contributed by atoms with Crippen molar-refractivity contribution in [3.63, 3.8) is 0 Å². The van der Waals surface area contributed by atoms with Crippen molar-refractivity contribution in [3.05, 3.63) is 85.1 Å². The number of benzene rings is 3. The molecule has 122 valence electrons. The highest BCUT2D eigenvalue weighted by molar-refractivity contribution is 6.01. The van der Waals surface area contributed by atoms with E-state index in [9.17, 15) is 4.79 Å². The molecular weight excluding hydrogens is 312 g/mol. The molecule has 1 aromatic heterocycles. The lowest BCUT2D eigenvalue weighted by Crippen LogP contribution is -2.19. The van der Waals surface area contributed by atoms with Gasteiger partial charge in [0.25, 0.3) is 0 Å². The van der Waals surface area contributed by atoms with E-state index < -0.39 is 0 Å². The van der Waals surface area contributed by atoms with Gasteiger partial charge in [-0.1, -0.05) is 36.4 Å². The average molecular weight is 328 g/mol. The predicted octanol–water partition coefficient (Wildman–Crippen LogP) is 4.67. The monoisotopic (exact) mass is 328 g/mol. The molecule has 0 atom stereocenters. The summed E-state index contributed by atoms with van der Waals surface area (Å²) >= 11 is 0. The molecule has 0 saturated carbocycles. The third kappa shape index (κ3) is 3.21. The molecule has 3 aromatic carbocycles. The van der Waals surface area contributed by atoms with E-state index in [1.165, 1.54) is 0 Å². The molecule has 0 spiro atoms. The van der Waals surface area contributed by atoms with Gasteiger partial charge in [0.05, 0.1) is 17.4 Å². The Morgan fingerprint density at radius 2 is 1.48 bits per heavy atom. The van der Waals surface area contributed by atoms with Crippen LogP contribution in [-0.4, -0.2) is 15.8 Å². The van der Waals surface area contributed by atoms with Crippen LogP contribution in [0.3, 0.4) is 0 Å². The third-order valence-corrected chi connectivity index (χ3v) is 3.86. The third-order valence-electron chi connectivity index (χ3n) is 3.86. The van der Waals surface area contributed by atoms with E-state index in [1.54, 1.807) is 6.20 Å². The number of rotatable bonds is 3. The van der Waals surface area contributed by atoms with Crippen LogP contribution in [0.2, 0.25) is 0 Å². The van der Waals surface area contributed by atoms with E-state index in [-0.39, 0.29) is 6.03 Å². The smallest absolute Gasteiger partial charge is 0.308 e. The van der Waals surface area contributed by atoms with Crippen molar-refractivity contribution in [2.24, 2.45) is 0 Å². The summed E-state index contributed by atoms with van der Waals surface area (Å²) in [5.41, 5.74) is 3.45. The molecule has 0 aliphatic rings. The zero-order valence-corrected chi connectivity index (χ0v) is 13.4. The van der Waals surface area contributed by atoms with Gasteiger partial charge in [0.1, 0.15) is 0 Å². The van der Waals surface area contributed by atoms with Crippen molar-refractivity contribution >= 4 is 28.3 Å². The molecule has 2 amide bonds. The molecule has 4 rings (SSSR count). The highest BCUT2D eigenvalue weighted by Gasteiger charge is 2.07. The summed E-state index contributed by atoms with van der Waals surface area (Å²) in [6.07, 6.45) is 1.79. The number of anilines is 2. The summed E-state index contributed by atoms with van der Waals surface area (Å²) in [6.45, 7) is 0. The summed E-state index contributed by atoms with van der Waals surface area (Å²) in [7, 11) is 0. The number of carbonyl (C=O) groups is 1. The minimum absolute atomic E-state index is 0.277. The molecule has 5 heteroatoms. The number of para-hydroxylation sites is 2. The first kappa shape index (κ1) is 15.0. The first-order chi connectivity index (χ1) is 12.3. The standard InChI is InChI=1S/C20H16N4O/c25-20(22-16-7-3-1-4-8-16)23-17-11-12-19-15(13-17)14-21-24(19)18-9-5-2-6-10-18/h1-14H,(H2,22,23,25). The fourth-order valence-electron chi connectivity index (χ4n) is 2.70. The molecule has 2 N–H and O–H groups in total. The van der Waals surface area contributed by atoms with Gasteiger partial charge in [0.15, 0.2) is 0 Å². The molecule has 4 aromatic rings. The maximum Gasteiger partial charge on any atom is 0.323 e. The van der Waals surface area contributed by atoms with Crippen LogP contribution < -0.4 is 10.6 Å². The molecule has 0 radical (unpaired) electrons. The van der Waals surface area contributed by atoms with Gasteiger partial charge in [-0.2, -0.15) is 5.10 Å². The van der Waals surface area contributed by atoms with Crippen LogP contribution in [0.25, 0.3) is 16.6 Å². The highest BCUT2D eigenvalue weighted by Crippen LogP contribution is 2.22. The molecule has 5 nitrogen and oxygen atoms in total. The Labute approximate surface area is 144 Å². The summed E-state index contributed by atoms with van der Waals surface area (Å²) in [6, 6.07) is 24.7. The number of nitrogens with zero attached hydrogens (tertiary/aromatic N) is 2. The van der Waals surface area contributed by atoms with E-state index in [4.69, 9.17) is 0 Å². The Balaban J connectivity index is 1.55. The lowest BCUT2D eigenvalue weighted by molar-refractivity contribution is 0.262. The maximum atomic E-state index is 12.1. The molecular formula is C20H16N4O. The second-order valence-corrected chi connectivity index (χ2v) is 5.61. The number of hydrogen-bond acceptors (Lipinski definition) is 2. The van der Waals surface area contributed by atoms with Gasteiger partial charge >= 0.3 is 6.03 Å². The minimum atomic E-state index is -0.277. The van der Waals surface area contributed by atoms with E-state index in [0.29, 0.717) is 5.69 Å². The van der Waals surface area contributed by atoms with Gasteiger partial charge < -0.3 is 10.6 Å². The molecule has 0 aliphatic carbocycles. The zero-order valence-electron chi connectivity index (χ0n) is 13.4. The summed E-state index contributed by atoms with van der Waals surface area (Å²) in [5, 5.41) is 11.0. The lowest BCUT2D eigenvalue weighted by atomic mass is 10.2. The normalized spacial score (nSPS) is 10.6. The Morgan fingerprint density at radius 3 is 2.24 bits per heavy atom. The van der Waals surface area contributed by atoms with Gasteiger partial charge in [-0.25, -0.2) is 9.48 Å². The van der Waals surface area contributed by atoms with Crippen molar-refractivity contribution < 1.29 is 4.79 Å². The summed E-state index contributed by atoms with van der Waals surface area (Å²) < 4.78 is 1.88. The number of carbonyl (C=O) groups excluding carboxylic acids is 1. The molecule has 0 saturated heterocycles. The van der Waals surface area contributed by atoms with E-state index in [2.05, 4.69) is 15.7 Å². The van der Waals surface area contributed by atoms with Crippen LogP contribution in [0.1, 0.15) is 0 Å². The Bertz CT molecular complexity index is 1010. The van der Waals surface area contributed by atoms with Crippen molar-refractivity contribution in [2.75, 3.05) is 10.6 Å². The molecule has 25 heavy (non-hydrogen) atoms. The number of nitrogens with one attached hydrogen (secondary N) is 2. The number of urea groups is 1. The maximum absolute atomic E-state index is 12.1. The fraction of sp³-hybridized carbons (Fsp3) is 0. The van der Waals surface area contributed by atoms with Crippen LogP contribution in [0.15, 0.2) is 85.1 Å². The first-order valence-electron chi connectivity index (χ1n) is 7.96. The summed E-state index contributed by atoms with van der Waals surface area (Å²) in [4.78, 5) is 12.1. The number of hydrogen-bond donors (Lipinski definition) is 2. The number of amides is 2. The van der Waals surface area contributed by atoms with Crippen LogP contribution in [0.5, 0.6) is 0 Å². The topological polar surface area (TPSA) is 59.0 Å². The second-order valence-electron chi connectivity index (χ2n) is 5.61. The lowest BCUT2D eigenvalue weighted by Gasteiger charge is -2.08. The molecule has 1 heterocycles. The van der Waals surface area contributed by atoms with Crippen molar-refractivity contribution in [1.82, 2.24) is 9.78 Å². The van der Waals surface area contributed by atoms with Gasteiger partial charge in [0, 0.05) is 16.8 Å². The second kappa shape index (κ2) is 6.49. The van der Waals surface area contributed by atoms with Crippen LogP contribution >= 0.6 is 0 Å². The zero-order chi connectivity index (χ0) is 17.1. The SMILES string of the molecule is O=C(Nc1ccccc1)Nc1ccc2c(cnn2-c2ccccc2)c1. The van der Waals surface area contributed by atoms with Gasteiger partial charge in [-0.3, -0.25) is 0 Å². The summed E-state index contributed by atoms with van der Waals surface area (Å²) in [5.74, 6) is 0. The molecule has 0 bridgehead atoms.